The van der Waals surface area contributed by atoms with Crippen LogP contribution in [0.3, 0.4) is 0 Å². The van der Waals surface area contributed by atoms with Gasteiger partial charge in [0.15, 0.2) is 6.19 Å². The lowest BCUT2D eigenvalue weighted by atomic mass is 10.1. The van der Waals surface area contributed by atoms with Gasteiger partial charge in [0.2, 0.25) is 5.95 Å². The summed E-state index contributed by atoms with van der Waals surface area (Å²) in [6.45, 7) is 3.92. The molecule has 0 fully saturated rings. The molecule has 0 amide bonds. The van der Waals surface area contributed by atoms with Crippen LogP contribution in [-0.4, -0.2) is 9.97 Å². The molecule has 2 rings (SSSR count). The average molecular weight is 224 g/mol. The van der Waals surface area contributed by atoms with Gasteiger partial charge in [0.1, 0.15) is 0 Å². The Balaban J connectivity index is 2.45. The quantitative estimate of drug-likeness (QED) is 0.629. The van der Waals surface area contributed by atoms with Crippen LogP contribution in [0.1, 0.15) is 11.3 Å². The molecular weight excluding hydrogens is 212 g/mol. The smallest absolute Gasteiger partial charge is 0.236 e. The number of nitrogens with zero attached hydrogens (tertiary/aromatic N) is 3. The number of aryl methyl sites for hydroxylation is 2. The summed E-state index contributed by atoms with van der Waals surface area (Å²) < 4.78 is 0. The van der Waals surface area contributed by atoms with Crippen LogP contribution in [0.25, 0.3) is 11.3 Å². The second-order valence-corrected chi connectivity index (χ2v) is 3.82. The molecule has 0 radical (unpaired) electrons. The molecule has 1 aromatic carbocycles. The molecule has 0 unspecified atom stereocenters. The number of nitrogens with one attached hydrogen (secondary N) is 1. The molecule has 0 spiro atoms. The third-order valence-corrected chi connectivity index (χ3v) is 2.37. The minimum atomic E-state index is 0.336. The summed E-state index contributed by atoms with van der Waals surface area (Å²) in [7, 11) is 0. The van der Waals surface area contributed by atoms with Gasteiger partial charge in [-0.05, 0) is 19.9 Å². The minimum Gasteiger partial charge on any atom is -0.261 e. The molecule has 1 aromatic heterocycles. The summed E-state index contributed by atoms with van der Waals surface area (Å²) >= 11 is 0. The van der Waals surface area contributed by atoms with Gasteiger partial charge < -0.3 is 0 Å². The molecule has 0 aliphatic carbocycles. The highest BCUT2D eigenvalue weighted by atomic mass is 15.1. The number of benzene rings is 1. The molecule has 1 N–H and O–H groups in total. The van der Waals surface area contributed by atoms with E-state index in [0.29, 0.717) is 5.95 Å². The van der Waals surface area contributed by atoms with Crippen LogP contribution < -0.4 is 5.32 Å². The van der Waals surface area contributed by atoms with Gasteiger partial charge in [-0.2, -0.15) is 5.26 Å². The van der Waals surface area contributed by atoms with Crippen molar-refractivity contribution in [2.45, 2.75) is 13.8 Å². The van der Waals surface area contributed by atoms with Crippen LogP contribution in [0.5, 0.6) is 0 Å². The molecule has 4 heteroatoms. The van der Waals surface area contributed by atoms with Crippen molar-refractivity contribution in [1.29, 1.82) is 5.26 Å². The second-order valence-electron chi connectivity index (χ2n) is 3.82. The summed E-state index contributed by atoms with van der Waals surface area (Å²) in [4.78, 5) is 8.40. The van der Waals surface area contributed by atoms with Gasteiger partial charge in [0.25, 0.3) is 0 Å². The summed E-state index contributed by atoms with van der Waals surface area (Å²) in [6.07, 6.45) is 1.82. The number of hydrogen-bond acceptors (Lipinski definition) is 4. The fourth-order valence-electron chi connectivity index (χ4n) is 1.55. The van der Waals surface area contributed by atoms with Crippen molar-refractivity contribution in [3.05, 3.63) is 41.6 Å². The Labute approximate surface area is 100.0 Å². The van der Waals surface area contributed by atoms with Gasteiger partial charge in [-0.1, -0.05) is 29.8 Å². The predicted octanol–water partition coefficient (Wildman–Crippen LogP) is 2.65. The maximum absolute atomic E-state index is 8.57. The van der Waals surface area contributed by atoms with E-state index in [-0.39, 0.29) is 0 Å². The Hall–Kier alpha value is -2.41. The van der Waals surface area contributed by atoms with Crippen LogP contribution in [0.2, 0.25) is 0 Å². The fraction of sp³-hybridized carbons (Fsp3) is 0.154. The van der Waals surface area contributed by atoms with Crippen molar-refractivity contribution in [3.8, 4) is 17.5 Å². The molecule has 4 nitrogen and oxygen atoms in total. The van der Waals surface area contributed by atoms with Gasteiger partial charge in [-0.3, -0.25) is 5.32 Å². The summed E-state index contributed by atoms with van der Waals surface area (Å²) in [5.41, 5.74) is 3.86. The second kappa shape index (κ2) is 4.62. The van der Waals surface area contributed by atoms with Gasteiger partial charge in [0.05, 0.1) is 5.69 Å². The Morgan fingerprint density at radius 3 is 2.47 bits per heavy atom. The van der Waals surface area contributed by atoms with E-state index >= 15 is 0 Å². The molecule has 0 aliphatic heterocycles. The van der Waals surface area contributed by atoms with Crippen molar-refractivity contribution in [3.63, 3.8) is 0 Å². The first kappa shape index (κ1) is 11.1. The third kappa shape index (κ3) is 2.58. The van der Waals surface area contributed by atoms with Crippen molar-refractivity contribution in [2.75, 3.05) is 5.32 Å². The highest BCUT2D eigenvalue weighted by Gasteiger charge is 2.03. The van der Waals surface area contributed by atoms with Crippen LogP contribution in [0.15, 0.2) is 30.3 Å². The summed E-state index contributed by atoms with van der Waals surface area (Å²) in [5, 5.41) is 11.0. The minimum absolute atomic E-state index is 0.336. The van der Waals surface area contributed by atoms with E-state index < -0.39 is 0 Å². The van der Waals surface area contributed by atoms with E-state index in [0.717, 1.165) is 17.0 Å². The van der Waals surface area contributed by atoms with Crippen molar-refractivity contribution < 1.29 is 0 Å². The number of nitriles is 1. The zero-order chi connectivity index (χ0) is 12.3. The Morgan fingerprint density at radius 2 is 1.82 bits per heavy atom. The zero-order valence-corrected chi connectivity index (χ0v) is 9.73. The first-order valence-electron chi connectivity index (χ1n) is 5.27. The molecule has 0 saturated carbocycles. The van der Waals surface area contributed by atoms with E-state index in [1.165, 1.54) is 5.56 Å². The van der Waals surface area contributed by atoms with Crippen molar-refractivity contribution in [1.82, 2.24) is 9.97 Å². The van der Waals surface area contributed by atoms with E-state index in [9.17, 15) is 0 Å². The zero-order valence-electron chi connectivity index (χ0n) is 9.73. The molecule has 0 bridgehead atoms. The average Bonchev–Trinajstić information content (AvgIpc) is 2.29. The monoisotopic (exact) mass is 224 g/mol. The molecule has 84 valence electrons. The van der Waals surface area contributed by atoms with Crippen LogP contribution in [0, 0.1) is 25.3 Å². The molecule has 0 saturated heterocycles. The highest BCUT2D eigenvalue weighted by molar-refractivity contribution is 5.61. The molecule has 0 atom stereocenters. The largest absolute Gasteiger partial charge is 0.261 e. The standard InChI is InChI=1S/C13H12N4/c1-9-3-5-11(6-4-9)12-7-10(2)16-13(17-12)15-8-14/h3-7H,1-2H3,(H,15,16,17). The number of rotatable bonds is 2. The van der Waals surface area contributed by atoms with Crippen LogP contribution in [0.4, 0.5) is 5.95 Å². The molecule has 2 aromatic rings. The van der Waals surface area contributed by atoms with E-state index in [4.69, 9.17) is 5.26 Å². The SMILES string of the molecule is Cc1ccc(-c2cc(C)nc(NC#N)n2)cc1. The number of hydrogen-bond donors (Lipinski definition) is 1. The van der Waals surface area contributed by atoms with E-state index in [1.807, 2.05) is 50.4 Å². The lowest BCUT2D eigenvalue weighted by Crippen LogP contribution is -1.98. The first-order valence-corrected chi connectivity index (χ1v) is 5.27. The topological polar surface area (TPSA) is 61.6 Å². The Kier molecular flexibility index (Phi) is 3.01. The normalized spacial score (nSPS) is 9.71. The lowest BCUT2D eigenvalue weighted by Gasteiger charge is -2.04. The maximum atomic E-state index is 8.57. The van der Waals surface area contributed by atoms with Crippen LogP contribution in [-0.2, 0) is 0 Å². The Bertz CT molecular complexity index is 567. The fourth-order valence-corrected chi connectivity index (χ4v) is 1.55. The molecule has 17 heavy (non-hydrogen) atoms. The van der Waals surface area contributed by atoms with Gasteiger partial charge >= 0.3 is 0 Å². The molecule has 1 heterocycles. The summed E-state index contributed by atoms with van der Waals surface area (Å²) in [5.74, 6) is 0.336. The lowest BCUT2D eigenvalue weighted by molar-refractivity contribution is 1.11. The molecular formula is C13H12N4. The van der Waals surface area contributed by atoms with Crippen LogP contribution >= 0.6 is 0 Å². The number of anilines is 1. The maximum Gasteiger partial charge on any atom is 0.236 e. The van der Waals surface area contributed by atoms with Crippen molar-refractivity contribution in [2.24, 2.45) is 0 Å². The predicted molar refractivity (Wildman–Crippen MR) is 66.2 cm³/mol. The Morgan fingerprint density at radius 1 is 1.12 bits per heavy atom. The van der Waals surface area contributed by atoms with Gasteiger partial charge in [-0.25, -0.2) is 9.97 Å². The third-order valence-electron chi connectivity index (χ3n) is 2.37. The van der Waals surface area contributed by atoms with E-state index in [1.54, 1.807) is 0 Å². The summed E-state index contributed by atoms with van der Waals surface area (Å²) in [6, 6.07) is 9.97. The van der Waals surface area contributed by atoms with Gasteiger partial charge in [-0.15, -0.1) is 0 Å². The highest BCUT2D eigenvalue weighted by Crippen LogP contribution is 2.19. The molecule has 0 aliphatic rings. The van der Waals surface area contributed by atoms with Gasteiger partial charge in [0, 0.05) is 11.3 Å². The van der Waals surface area contributed by atoms with Crippen molar-refractivity contribution >= 4 is 5.95 Å². The first-order chi connectivity index (χ1) is 8.19. The van der Waals surface area contributed by atoms with E-state index in [2.05, 4.69) is 15.3 Å². The number of aromatic nitrogens is 2.